The van der Waals surface area contributed by atoms with Gasteiger partial charge in [0.15, 0.2) is 0 Å². The number of hydrogen-bond acceptors (Lipinski definition) is 1. The molecule has 0 spiro atoms. The molecule has 0 aliphatic carbocycles. The maximum absolute atomic E-state index is 13.5. The Morgan fingerprint density at radius 3 is 2.75 bits per heavy atom. The minimum Gasteiger partial charge on any atom is -0.316 e. The normalized spacial score (nSPS) is 12.2. The van der Waals surface area contributed by atoms with Gasteiger partial charge in [-0.25, -0.2) is 4.39 Å². The summed E-state index contributed by atoms with van der Waals surface area (Å²) in [6.45, 7) is 5.00. The molecule has 0 fully saturated rings. The van der Waals surface area contributed by atoms with Crippen molar-refractivity contribution in [2.75, 3.05) is 13.6 Å². The lowest BCUT2D eigenvalue weighted by atomic mass is 10.00. The first-order valence-electron chi connectivity index (χ1n) is 5.34. The van der Waals surface area contributed by atoms with Crippen LogP contribution in [0, 0.1) is 11.7 Å². The van der Waals surface area contributed by atoms with Gasteiger partial charge in [0.25, 0.3) is 0 Å². The first kappa shape index (κ1) is 13.4. The van der Waals surface area contributed by atoms with Gasteiger partial charge in [0.05, 0.1) is 0 Å². The summed E-state index contributed by atoms with van der Waals surface area (Å²) in [5.74, 6) is 0.225. The van der Waals surface area contributed by atoms with Crippen molar-refractivity contribution < 1.29 is 4.39 Å². The second-order valence-electron chi connectivity index (χ2n) is 4.07. The predicted octanol–water partition coefficient (Wildman–Crippen LogP) is 3.85. The highest BCUT2D eigenvalue weighted by atomic mass is 79.9. The predicted molar refractivity (Wildman–Crippen MR) is 70.8 cm³/mol. The average molecular weight is 286 g/mol. The van der Waals surface area contributed by atoms with Gasteiger partial charge in [0, 0.05) is 16.6 Å². The van der Waals surface area contributed by atoms with E-state index in [1.54, 1.807) is 12.1 Å². The lowest BCUT2D eigenvalue weighted by Gasteiger charge is -2.11. The highest BCUT2D eigenvalue weighted by Gasteiger charge is 2.05. The molecule has 0 aliphatic heterocycles. The average Bonchev–Trinajstić information content (AvgIpc) is 2.22. The third kappa shape index (κ3) is 3.72. The lowest BCUT2D eigenvalue weighted by molar-refractivity contribution is 0.623. The second-order valence-corrected chi connectivity index (χ2v) is 4.99. The second kappa shape index (κ2) is 6.16. The fraction of sp³-hybridized carbons (Fsp3) is 0.385. The van der Waals surface area contributed by atoms with Gasteiger partial charge in [-0.2, -0.15) is 0 Å². The molecule has 3 heteroatoms. The van der Waals surface area contributed by atoms with Crippen LogP contribution in [0.2, 0.25) is 0 Å². The molecular formula is C13H17BrFN. The molecule has 88 valence electrons. The summed E-state index contributed by atoms with van der Waals surface area (Å²) in [5, 5.41) is 3.10. The zero-order valence-electron chi connectivity index (χ0n) is 9.85. The van der Waals surface area contributed by atoms with Crippen LogP contribution in [0.25, 0.3) is 6.08 Å². The Kier molecular flexibility index (Phi) is 5.16. The van der Waals surface area contributed by atoms with Crippen LogP contribution in [-0.4, -0.2) is 13.6 Å². The number of rotatable bonds is 4. The van der Waals surface area contributed by atoms with E-state index in [1.807, 2.05) is 13.1 Å². The van der Waals surface area contributed by atoms with Crippen molar-refractivity contribution in [1.29, 1.82) is 0 Å². The molecule has 0 saturated heterocycles. The van der Waals surface area contributed by atoms with E-state index in [0.29, 0.717) is 11.5 Å². The maximum Gasteiger partial charge on any atom is 0.130 e. The molecular weight excluding hydrogens is 269 g/mol. The zero-order valence-corrected chi connectivity index (χ0v) is 11.4. The Morgan fingerprint density at radius 2 is 2.19 bits per heavy atom. The minimum absolute atomic E-state index is 0.183. The smallest absolute Gasteiger partial charge is 0.130 e. The summed E-state index contributed by atoms with van der Waals surface area (Å²) in [6.07, 6.45) is 1.92. The van der Waals surface area contributed by atoms with Crippen molar-refractivity contribution >= 4 is 22.0 Å². The van der Waals surface area contributed by atoms with Gasteiger partial charge in [-0.1, -0.05) is 41.4 Å². The van der Waals surface area contributed by atoms with E-state index in [2.05, 4.69) is 35.1 Å². The van der Waals surface area contributed by atoms with E-state index >= 15 is 0 Å². The topological polar surface area (TPSA) is 12.0 Å². The molecule has 1 nitrogen and oxygen atoms in total. The largest absolute Gasteiger partial charge is 0.316 e. The van der Waals surface area contributed by atoms with Gasteiger partial charge in [-0.05, 0) is 31.2 Å². The summed E-state index contributed by atoms with van der Waals surface area (Å²) in [6, 6.07) is 4.99. The molecule has 0 bridgehead atoms. The van der Waals surface area contributed by atoms with Gasteiger partial charge < -0.3 is 5.32 Å². The minimum atomic E-state index is -0.183. The van der Waals surface area contributed by atoms with Crippen LogP contribution in [-0.2, 0) is 0 Å². The number of halogens is 2. The zero-order chi connectivity index (χ0) is 12.1. The quantitative estimate of drug-likeness (QED) is 0.886. The molecule has 0 aliphatic rings. The molecule has 0 unspecified atom stereocenters. The number of nitrogens with one attached hydrogen (secondary N) is 1. The van der Waals surface area contributed by atoms with Crippen molar-refractivity contribution in [2.24, 2.45) is 5.92 Å². The van der Waals surface area contributed by atoms with Crippen LogP contribution in [0.5, 0.6) is 0 Å². The van der Waals surface area contributed by atoms with Gasteiger partial charge in [0.1, 0.15) is 5.82 Å². The Morgan fingerprint density at radius 1 is 1.50 bits per heavy atom. The van der Waals surface area contributed by atoms with Crippen LogP contribution in [0.3, 0.4) is 0 Å². The van der Waals surface area contributed by atoms with Crippen LogP contribution in [0.4, 0.5) is 4.39 Å². The summed E-state index contributed by atoms with van der Waals surface area (Å²) >= 11 is 3.35. The fourth-order valence-electron chi connectivity index (χ4n) is 1.45. The van der Waals surface area contributed by atoms with E-state index in [0.717, 1.165) is 11.0 Å². The van der Waals surface area contributed by atoms with Gasteiger partial charge in [-0.15, -0.1) is 0 Å². The van der Waals surface area contributed by atoms with Gasteiger partial charge >= 0.3 is 0 Å². The Balaban J connectivity index is 3.06. The van der Waals surface area contributed by atoms with Crippen molar-refractivity contribution in [3.63, 3.8) is 0 Å². The molecule has 1 aromatic carbocycles. The summed E-state index contributed by atoms with van der Waals surface area (Å²) in [5.41, 5.74) is 1.83. The van der Waals surface area contributed by atoms with Crippen molar-refractivity contribution in [1.82, 2.24) is 5.32 Å². The molecule has 0 atom stereocenters. The van der Waals surface area contributed by atoms with Crippen molar-refractivity contribution in [3.05, 3.63) is 39.6 Å². The molecule has 0 radical (unpaired) electrons. The van der Waals surface area contributed by atoms with Crippen LogP contribution in [0.1, 0.15) is 19.4 Å². The number of likely N-dealkylation sites (N-methyl/N-ethyl adjacent to an activating group) is 1. The molecule has 0 amide bonds. The highest BCUT2D eigenvalue weighted by Crippen LogP contribution is 2.20. The summed E-state index contributed by atoms with van der Waals surface area (Å²) in [7, 11) is 1.90. The molecule has 0 saturated carbocycles. The van der Waals surface area contributed by atoms with Crippen molar-refractivity contribution in [3.8, 4) is 0 Å². The molecule has 0 heterocycles. The SMILES string of the molecule is CNCC(=Cc1cc(Br)ccc1F)C(C)C. The monoisotopic (exact) mass is 285 g/mol. The third-order valence-electron chi connectivity index (χ3n) is 2.42. The summed E-state index contributed by atoms with van der Waals surface area (Å²) in [4.78, 5) is 0. The Bertz CT molecular complexity index is 386. The Hall–Kier alpha value is -0.670. The van der Waals surface area contributed by atoms with Crippen LogP contribution >= 0.6 is 15.9 Å². The lowest BCUT2D eigenvalue weighted by Crippen LogP contribution is -2.14. The molecule has 1 rings (SSSR count). The first-order chi connectivity index (χ1) is 7.54. The first-order valence-corrected chi connectivity index (χ1v) is 6.14. The molecule has 1 N–H and O–H groups in total. The van der Waals surface area contributed by atoms with E-state index in [1.165, 1.54) is 11.6 Å². The van der Waals surface area contributed by atoms with Crippen LogP contribution in [0.15, 0.2) is 28.2 Å². The number of hydrogen-bond donors (Lipinski definition) is 1. The molecule has 1 aromatic rings. The van der Waals surface area contributed by atoms with Gasteiger partial charge in [0.2, 0.25) is 0 Å². The van der Waals surface area contributed by atoms with E-state index < -0.39 is 0 Å². The molecule has 16 heavy (non-hydrogen) atoms. The van der Waals surface area contributed by atoms with Crippen LogP contribution < -0.4 is 5.32 Å². The number of benzene rings is 1. The third-order valence-corrected chi connectivity index (χ3v) is 2.91. The van der Waals surface area contributed by atoms with E-state index in [9.17, 15) is 4.39 Å². The maximum atomic E-state index is 13.5. The Labute approximate surface area is 105 Å². The van der Waals surface area contributed by atoms with E-state index in [4.69, 9.17) is 0 Å². The molecule has 0 aromatic heterocycles. The highest BCUT2D eigenvalue weighted by molar-refractivity contribution is 9.10. The fourth-order valence-corrected chi connectivity index (χ4v) is 1.83. The van der Waals surface area contributed by atoms with E-state index in [-0.39, 0.29) is 5.82 Å². The summed E-state index contributed by atoms with van der Waals surface area (Å²) < 4.78 is 14.4. The van der Waals surface area contributed by atoms with Crippen molar-refractivity contribution in [2.45, 2.75) is 13.8 Å². The van der Waals surface area contributed by atoms with Gasteiger partial charge in [-0.3, -0.25) is 0 Å². The standard InChI is InChI=1S/C13H17BrFN/c1-9(2)11(8-16-3)6-10-7-12(14)4-5-13(10)15/h4-7,9,16H,8H2,1-3H3.